The Morgan fingerprint density at radius 2 is 1.92 bits per heavy atom. The van der Waals surface area contributed by atoms with Crippen LogP contribution in [0, 0.1) is 0 Å². The standard InChI is InChI=1S/C18H19F3N4O/c19-18(20,21)16-7-17(23-11-22-16)24-13-6-14-10-26-15(9-25(14)8-13)12-4-2-1-3-5-12/h1-5,7,11,13-15H,6,8-10H2,(H,22,23,24)/t13-,14-,15+/m0/s1. The van der Waals surface area contributed by atoms with E-state index in [1.165, 1.54) is 0 Å². The third-order valence-electron chi connectivity index (χ3n) is 4.90. The largest absolute Gasteiger partial charge is 0.433 e. The first-order chi connectivity index (χ1) is 12.5. The second kappa shape index (κ2) is 6.85. The topological polar surface area (TPSA) is 50.3 Å². The first-order valence-corrected chi connectivity index (χ1v) is 8.55. The highest BCUT2D eigenvalue weighted by atomic mass is 19.4. The van der Waals surface area contributed by atoms with Crippen LogP contribution in [0.15, 0.2) is 42.7 Å². The third-order valence-corrected chi connectivity index (χ3v) is 4.90. The molecule has 3 atom stereocenters. The molecule has 26 heavy (non-hydrogen) atoms. The fourth-order valence-electron chi connectivity index (χ4n) is 3.65. The number of nitrogens with zero attached hydrogens (tertiary/aromatic N) is 3. The van der Waals surface area contributed by atoms with Crippen LogP contribution >= 0.6 is 0 Å². The number of fused-ring (bicyclic) bond motifs is 1. The normalized spacial score (nSPS) is 26.5. The Hall–Kier alpha value is -2.19. The summed E-state index contributed by atoms with van der Waals surface area (Å²) in [4.78, 5) is 9.56. The van der Waals surface area contributed by atoms with Crippen LogP contribution in [-0.4, -0.2) is 46.6 Å². The summed E-state index contributed by atoms with van der Waals surface area (Å²) < 4.78 is 44.3. The molecule has 0 saturated carbocycles. The molecule has 5 nitrogen and oxygen atoms in total. The van der Waals surface area contributed by atoms with Gasteiger partial charge in [0.1, 0.15) is 17.8 Å². The molecule has 4 rings (SSSR count). The van der Waals surface area contributed by atoms with Crippen LogP contribution in [0.25, 0.3) is 0 Å². The quantitative estimate of drug-likeness (QED) is 0.907. The molecule has 0 aliphatic carbocycles. The van der Waals surface area contributed by atoms with E-state index in [1.54, 1.807) is 0 Å². The smallest absolute Gasteiger partial charge is 0.371 e. The van der Waals surface area contributed by atoms with Gasteiger partial charge in [-0.25, -0.2) is 9.97 Å². The molecule has 8 heteroatoms. The molecule has 1 aromatic carbocycles. The minimum Gasteiger partial charge on any atom is -0.371 e. The van der Waals surface area contributed by atoms with E-state index in [4.69, 9.17) is 4.74 Å². The molecule has 138 valence electrons. The lowest BCUT2D eigenvalue weighted by atomic mass is 10.1. The van der Waals surface area contributed by atoms with Crippen LogP contribution in [0.4, 0.5) is 19.0 Å². The summed E-state index contributed by atoms with van der Waals surface area (Å²) in [5.74, 6) is 0.206. The van der Waals surface area contributed by atoms with E-state index < -0.39 is 11.9 Å². The van der Waals surface area contributed by atoms with Crippen molar-refractivity contribution in [3.05, 3.63) is 54.0 Å². The van der Waals surface area contributed by atoms with Crippen molar-refractivity contribution in [1.82, 2.24) is 14.9 Å². The summed E-state index contributed by atoms with van der Waals surface area (Å²) in [6.07, 6.45) is -2.68. The Balaban J connectivity index is 1.40. The zero-order valence-corrected chi connectivity index (χ0v) is 14.0. The lowest BCUT2D eigenvalue weighted by Crippen LogP contribution is -2.42. The monoisotopic (exact) mass is 364 g/mol. The molecular formula is C18H19F3N4O. The van der Waals surface area contributed by atoms with Crippen LogP contribution in [0.1, 0.15) is 23.8 Å². The number of benzene rings is 1. The Labute approximate surface area is 149 Å². The maximum Gasteiger partial charge on any atom is 0.433 e. The molecule has 0 spiro atoms. The molecule has 1 N–H and O–H groups in total. The predicted molar refractivity (Wildman–Crippen MR) is 89.6 cm³/mol. The van der Waals surface area contributed by atoms with Crippen molar-refractivity contribution >= 4 is 5.82 Å². The minimum absolute atomic E-state index is 0.0297. The first kappa shape index (κ1) is 17.2. The molecular weight excluding hydrogens is 345 g/mol. The van der Waals surface area contributed by atoms with Gasteiger partial charge in [0.05, 0.1) is 12.7 Å². The number of rotatable bonds is 3. The highest BCUT2D eigenvalue weighted by molar-refractivity contribution is 5.37. The number of morpholine rings is 1. The van der Waals surface area contributed by atoms with Gasteiger partial charge in [-0.1, -0.05) is 30.3 Å². The van der Waals surface area contributed by atoms with Crippen LogP contribution in [-0.2, 0) is 10.9 Å². The van der Waals surface area contributed by atoms with Gasteiger partial charge in [0.2, 0.25) is 0 Å². The van der Waals surface area contributed by atoms with E-state index >= 15 is 0 Å². The second-order valence-electron chi connectivity index (χ2n) is 6.70. The van der Waals surface area contributed by atoms with Crippen molar-refractivity contribution in [2.24, 2.45) is 0 Å². The summed E-state index contributed by atoms with van der Waals surface area (Å²) >= 11 is 0. The SMILES string of the molecule is FC(F)(F)c1cc(N[C@H]2C[C@H]3CO[C@@H](c4ccccc4)CN3C2)ncn1. The van der Waals surface area contributed by atoms with E-state index in [-0.39, 0.29) is 24.0 Å². The summed E-state index contributed by atoms with van der Waals surface area (Å²) in [7, 11) is 0. The van der Waals surface area contributed by atoms with Crippen molar-refractivity contribution in [3.63, 3.8) is 0 Å². The van der Waals surface area contributed by atoms with Gasteiger partial charge in [-0.05, 0) is 12.0 Å². The van der Waals surface area contributed by atoms with Gasteiger partial charge in [-0.2, -0.15) is 13.2 Å². The average molecular weight is 364 g/mol. The van der Waals surface area contributed by atoms with E-state index in [1.807, 2.05) is 18.2 Å². The van der Waals surface area contributed by atoms with E-state index in [9.17, 15) is 13.2 Å². The molecule has 2 fully saturated rings. The summed E-state index contributed by atoms with van der Waals surface area (Å²) in [6.45, 7) is 2.16. The summed E-state index contributed by atoms with van der Waals surface area (Å²) in [5.41, 5.74) is 0.214. The van der Waals surface area contributed by atoms with Crippen molar-refractivity contribution in [3.8, 4) is 0 Å². The van der Waals surface area contributed by atoms with Crippen molar-refractivity contribution < 1.29 is 17.9 Å². The Kier molecular flexibility index (Phi) is 4.54. The molecule has 2 aliphatic heterocycles. The predicted octanol–water partition coefficient (Wildman–Crippen LogP) is 3.12. The molecule has 0 radical (unpaired) electrons. The molecule has 0 amide bonds. The highest BCUT2D eigenvalue weighted by Crippen LogP contribution is 2.32. The fourth-order valence-corrected chi connectivity index (χ4v) is 3.65. The fraction of sp³-hybridized carbons (Fsp3) is 0.444. The van der Waals surface area contributed by atoms with Crippen molar-refractivity contribution in [2.75, 3.05) is 25.0 Å². The van der Waals surface area contributed by atoms with E-state index in [0.29, 0.717) is 6.61 Å². The van der Waals surface area contributed by atoms with E-state index in [0.717, 1.165) is 37.5 Å². The molecule has 2 aromatic rings. The van der Waals surface area contributed by atoms with Gasteiger partial charge >= 0.3 is 6.18 Å². The van der Waals surface area contributed by atoms with Crippen LogP contribution in [0.3, 0.4) is 0 Å². The average Bonchev–Trinajstić information content (AvgIpc) is 3.03. The second-order valence-corrected chi connectivity index (χ2v) is 6.70. The summed E-state index contributed by atoms with van der Waals surface area (Å²) in [5, 5.41) is 3.12. The maximum absolute atomic E-state index is 12.8. The van der Waals surface area contributed by atoms with Crippen LogP contribution in [0.2, 0.25) is 0 Å². The highest BCUT2D eigenvalue weighted by Gasteiger charge is 2.38. The van der Waals surface area contributed by atoms with Gasteiger partial charge in [0.25, 0.3) is 0 Å². The van der Waals surface area contributed by atoms with E-state index in [2.05, 4.69) is 32.3 Å². The lowest BCUT2D eigenvalue weighted by Gasteiger charge is -2.35. The number of halogens is 3. The number of ether oxygens (including phenoxy) is 1. The Bertz CT molecular complexity index is 756. The Morgan fingerprint density at radius 3 is 2.69 bits per heavy atom. The number of nitrogens with one attached hydrogen (secondary N) is 1. The van der Waals surface area contributed by atoms with Crippen LogP contribution < -0.4 is 5.32 Å². The number of alkyl halides is 3. The molecule has 1 aromatic heterocycles. The lowest BCUT2D eigenvalue weighted by molar-refractivity contribution is -0.141. The van der Waals surface area contributed by atoms with Crippen molar-refractivity contribution in [2.45, 2.75) is 30.8 Å². The van der Waals surface area contributed by atoms with Gasteiger partial charge < -0.3 is 10.1 Å². The molecule has 3 heterocycles. The Morgan fingerprint density at radius 1 is 1.12 bits per heavy atom. The zero-order chi connectivity index (χ0) is 18.1. The molecule has 2 saturated heterocycles. The first-order valence-electron chi connectivity index (χ1n) is 8.55. The number of aromatic nitrogens is 2. The maximum atomic E-state index is 12.8. The van der Waals surface area contributed by atoms with Gasteiger partial charge in [0.15, 0.2) is 0 Å². The zero-order valence-electron chi connectivity index (χ0n) is 14.0. The third kappa shape index (κ3) is 3.66. The number of hydrogen-bond acceptors (Lipinski definition) is 5. The minimum atomic E-state index is -4.47. The van der Waals surface area contributed by atoms with Gasteiger partial charge in [-0.3, -0.25) is 4.90 Å². The molecule has 2 aliphatic rings. The van der Waals surface area contributed by atoms with Gasteiger partial charge in [-0.15, -0.1) is 0 Å². The number of hydrogen-bond donors (Lipinski definition) is 1. The van der Waals surface area contributed by atoms with Crippen molar-refractivity contribution in [1.29, 1.82) is 0 Å². The number of anilines is 1. The molecule has 0 unspecified atom stereocenters. The summed E-state index contributed by atoms with van der Waals surface area (Å²) in [6, 6.07) is 11.3. The molecule has 0 bridgehead atoms. The van der Waals surface area contributed by atoms with Crippen LogP contribution in [0.5, 0.6) is 0 Å². The van der Waals surface area contributed by atoms with Gasteiger partial charge in [0, 0.05) is 31.2 Å².